The molecule has 226 valence electrons. The number of nitrogens with one attached hydrogen (secondary N) is 1. The molecule has 0 aliphatic heterocycles. The van der Waals surface area contributed by atoms with E-state index in [9.17, 15) is 19.2 Å². The van der Waals surface area contributed by atoms with E-state index in [1.807, 2.05) is 37.3 Å². The first-order valence-electron chi connectivity index (χ1n) is 14.4. The normalized spacial score (nSPS) is 11.0. The molecule has 0 fully saturated rings. The minimum atomic E-state index is -0.715. The second kappa shape index (κ2) is 13.7. The smallest absolute Gasteiger partial charge is 0.332 e. The number of amides is 1. The first kappa shape index (κ1) is 30.1. The Kier molecular flexibility index (Phi) is 9.39. The molecule has 2 aromatic heterocycles. The molecule has 0 atom stereocenters. The maximum absolute atomic E-state index is 13.9. The summed E-state index contributed by atoms with van der Waals surface area (Å²) in [7, 11) is 0. The number of aromatic nitrogens is 2. The summed E-state index contributed by atoms with van der Waals surface area (Å²) in [6.07, 6.45) is 2.09. The number of nitrogens with zero attached hydrogens (tertiary/aromatic N) is 2. The van der Waals surface area contributed by atoms with E-state index in [0.29, 0.717) is 43.4 Å². The Balaban J connectivity index is 1.55. The van der Waals surface area contributed by atoms with E-state index in [4.69, 9.17) is 13.9 Å². The Bertz CT molecular complexity index is 1890. The van der Waals surface area contributed by atoms with Gasteiger partial charge in [-0.2, -0.15) is 0 Å². The van der Waals surface area contributed by atoms with Crippen LogP contribution in [0.25, 0.3) is 10.9 Å². The van der Waals surface area contributed by atoms with E-state index in [0.717, 1.165) is 10.1 Å². The Morgan fingerprint density at radius 3 is 2.39 bits per heavy atom. The number of benzene rings is 3. The average molecular weight is 596 g/mol. The van der Waals surface area contributed by atoms with Crippen molar-refractivity contribution in [1.29, 1.82) is 0 Å². The summed E-state index contributed by atoms with van der Waals surface area (Å²) < 4.78 is 18.9. The SMILES string of the molecule is CCOc1ccc(OCC)c(C(=O)Cn2c(=O)n(Cc3ccco3)c(=O)c3ccc(C(=O)NCCc4ccccc4)cc32)c1. The Morgan fingerprint density at radius 1 is 0.864 bits per heavy atom. The van der Waals surface area contributed by atoms with Crippen molar-refractivity contribution in [3.63, 3.8) is 0 Å². The molecular weight excluding hydrogens is 562 g/mol. The van der Waals surface area contributed by atoms with Crippen LogP contribution in [-0.4, -0.2) is 40.6 Å². The molecule has 0 bridgehead atoms. The quantitative estimate of drug-likeness (QED) is 0.200. The Morgan fingerprint density at radius 2 is 1.66 bits per heavy atom. The Labute approximate surface area is 253 Å². The summed E-state index contributed by atoms with van der Waals surface area (Å²) in [5.41, 5.74) is 0.454. The molecule has 5 aromatic rings. The molecule has 0 unspecified atom stereocenters. The van der Waals surface area contributed by atoms with Gasteiger partial charge in [-0.05, 0) is 74.4 Å². The van der Waals surface area contributed by atoms with E-state index in [-0.39, 0.29) is 34.5 Å². The zero-order chi connectivity index (χ0) is 31.1. The number of furan rings is 1. The average Bonchev–Trinajstić information content (AvgIpc) is 3.56. The van der Waals surface area contributed by atoms with E-state index < -0.39 is 23.6 Å². The fourth-order valence-corrected chi connectivity index (χ4v) is 4.97. The minimum absolute atomic E-state index is 0.124. The van der Waals surface area contributed by atoms with Crippen LogP contribution in [0.15, 0.2) is 99.1 Å². The van der Waals surface area contributed by atoms with Gasteiger partial charge in [-0.15, -0.1) is 0 Å². The van der Waals surface area contributed by atoms with Crippen molar-refractivity contribution < 1.29 is 23.5 Å². The molecule has 5 rings (SSSR count). The number of rotatable bonds is 13. The zero-order valence-corrected chi connectivity index (χ0v) is 24.6. The lowest BCUT2D eigenvalue weighted by atomic mass is 10.1. The molecule has 10 nitrogen and oxygen atoms in total. The number of ketones is 1. The van der Waals surface area contributed by atoms with E-state index in [2.05, 4.69) is 5.32 Å². The minimum Gasteiger partial charge on any atom is -0.494 e. The molecule has 2 heterocycles. The topological polar surface area (TPSA) is 122 Å². The second-order valence-corrected chi connectivity index (χ2v) is 10.0. The van der Waals surface area contributed by atoms with Gasteiger partial charge in [-0.3, -0.25) is 23.5 Å². The molecule has 0 radical (unpaired) electrons. The van der Waals surface area contributed by atoms with E-state index >= 15 is 0 Å². The van der Waals surface area contributed by atoms with Gasteiger partial charge in [-0.25, -0.2) is 4.79 Å². The molecule has 3 aromatic carbocycles. The molecule has 10 heteroatoms. The number of Topliss-reactive ketones (excluding diaryl/α,β-unsaturated/α-hetero) is 1. The van der Waals surface area contributed by atoms with Crippen LogP contribution in [0.1, 0.15) is 45.9 Å². The summed E-state index contributed by atoms with van der Waals surface area (Å²) in [6, 6.07) is 22.5. The van der Waals surface area contributed by atoms with E-state index in [1.54, 1.807) is 37.3 Å². The number of hydrogen-bond donors (Lipinski definition) is 1. The number of carbonyl (C=O) groups excluding carboxylic acids is 2. The predicted octanol–water partition coefficient (Wildman–Crippen LogP) is 4.46. The maximum Gasteiger partial charge on any atom is 0.332 e. The fourth-order valence-electron chi connectivity index (χ4n) is 4.97. The second-order valence-electron chi connectivity index (χ2n) is 10.0. The molecule has 0 aliphatic carbocycles. The lowest BCUT2D eigenvalue weighted by molar-refractivity contribution is 0.0951. The third-order valence-electron chi connectivity index (χ3n) is 7.09. The molecular formula is C34H33N3O7. The van der Waals surface area contributed by atoms with Gasteiger partial charge < -0.3 is 19.2 Å². The van der Waals surface area contributed by atoms with Crippen molar-refractivity contribution >= 4 is 22.6 Å². The maximum atomic E-state index is 13.9. The Hall–Kier alpha value is -5.38. The summed E-state index contributed by atoms with van der Waals surface area (Å²) in [6.45, 7) is 4.23. The summed E-state index contributed by atoms with van der Waals surface area (Å²) in [4.78, 5) is 54.3. The highest BCUT2D eigenvalue weighted by atomic mass is 16.5. The van der Waals surface area contributed by atoms with Gasteiger partial charge in [0.05, 0.1) is 49.0 Å². The summed E-state index contributed by atoms with van der Waals surface area (Å²) >= 11 is 0. The van der Waals surface area contributed by atoms with Crippen molar-refractivity contribution in [3.05, 3.63) is 128 Å². The molecule has 0 aliphatic rings. The van der Waals surface area contributed by atoms with Crippen LogP contribution in [0, 0.1) is 0 Å². The highest BCUT2D eigenvalue weighted by molar-refractivity contribution is 6.00. The van der Waals surface area contributed by atoms with Crippen molar-refractivity contribution in [2.45, 2.75) is 33.4 Å². The third-order valence-corrected chi connectivity index (χ3v) is 7.09. The highest BCUT2D eigenvalue weighted by Gasteiger charge is 2.21. The van der Waals surface area contributed by atoms with Crippen LogP contribution >= 0.6 is 0 Å². The van der Waals surface area contributed by atoms with Crippen molar-refractivity contribution in [3.8, 4) is 11.5 Å². The number of hydrogen-bond acceptors (Lipinski definition) is 7. The fraction of sp³-hybridized carbons (Fsp3) is 0.235. The monoisotopic (exact) mass is 595 g/mol. The van der Waals surface area contributed by atoms with Crippen LogP contribution in [0.4, 0.5) is 0 Å². The van der Waals surface area contributed by atoms with Crippen LogP contribution in [0.2, 0.25) is 0 Å². The van der Waals surface area contributed by atoms with Crippen LogP contribution in [0.5, 0.6) is 11.5 Å². The summed E-state index contributed by atoms with van der Waals surface area (Å²) in [5, 5.41) is 3.07. The van der Waals surface area contributed by atoms with Gasteiger partial charge >= 0.3 is 5.69 Å². The molecule has 0 saturated carbocycles. The molecule has 0 spiro atoms. The van der Waals surface area contributed by atoms with Crippen molar-refractivity contribution in [2.75, 3.05) is 19.8 Å². The van der Waals surface area contributed by atoms with Gasteiger partial charge in [-0.1, -0.05) is 30.3 Å². The molecule has 44 heavy (non-hydrogen) atoms. The van der Waals surface area contributed by atoms with Gasteiger partial charge in [0.15, 0.2) is 5.78 Å². The van der Waals surface area contributed by atoms with Crippen molar-refractivity contribution in [1.82, 2.24) is 14.5 Å². The van der Waals surface area contributed by atoms with E-state index in [1.165, 1.54) is 29.0 Å². The lowest BCUT2D eigenvalue weighted by Crippen LogP contribution is -2.41. The van der Waals surface area contributed by atoms with Crippen LogP contribution in [-0.2, 0) is 19.5 Å². The number of ether oxygens (including phenoxy) is 2. The number of fused-ring (bicyclic) bond motifs is 1. The van der Waals surface area contributed by atoms with Crippen molar-refractivity contribution in [2.24, 2.45) is 0 Å². The van der Waals surface area contributed by atoms with Gasteiger partial charge in [0, 0.05) is 12.1 Å². The first-order chi connectivity index (χ1) is 21.4. The molecule has 0 saturated heterocycles. The standard InChI is InChI=1S/C34H33N3O7/c1-3-42-25-13-15-31(43-4-2)28(20-25)30(38)22-36-29-19-24(32(39)35-17-16-23-9-6-5-7-10-23)12-14-27(29)33(40)37(34(36)41)21-26-11-8-18-44-26/h5-15,18-20H,3-4,16-17,21-22H2,1-2H3,(H,35,39). The molecule has 1 amide bonds. The molecule has 1 N–H and O–H groups in total. The van der Waals surface area contributed by atoms with Gasteiger partial charge in [0.2, 0.25) is 0 Å². The zero-order valence-electron chi connectivity index (χ0n) is 24.6. The summed E-state index contributed by atoms with van der Waals surface area (Å²) in [5.74, 6) is 0.434. The van der Waals surface area contributed by atoms with Gasteiger partial charge in [0.25, 0.3) is 11.5 Å². The lowest BCUT2D eigenvalue weighted by Gasteiger charge is -2.16. The predicted molar refractivity (Wildman–Crippen MR) is 166 cm³/mol. The van der Waals surface area contributed by atoms with Crippen LogP contribution < -0.4 is 26.0 Å². The first-order valence-corrected chi connectivity index (χ1v) is 14.4. The largest absolute Gasteiger partial charge is 0.494 e. The van der Waals surface area contributed by atoms with Crippen LogP contribution in [0.3, 0.4) is 0 Å². The number of carbonyl (C=O) groups is 2. The van der Waals surface area contributed by atoms with Gasteiger partial charge in [0.1, 0.15) is 17.3 Å². The highest BCUT2D eigenvalue weighted by Crippen LogP contribution is 2.26. The third kappa shape index (κ3) is 6.64.